The van der Waals surface area contributed by atoms with Crippen LogP contribution in [-0.4, -0.2) is 30.1 Å². The van der Waals surface area contributed by atoms with E-state index >= 15 is 0 Å². The van der Waals surface area contributed by atoms with Gasteiger partial charge in [0.25, 0.3) is 5.91 Å². The van der Waals surface area contributed by atoms with Gasteiger partial charge in [0.05, 0.1) is 7.11 Å². The quantitative estimate of drug-likeness (QED) is 0.856. The molecule has 0 saturated carbocycles. The van der Waals surface area contributed by atoms with Crippen molar-refractivity contribution in [1.29, 1.82) is 0 Å². The van der Waals surface area contributed by atoms with E-state index in [1.54, 1.807) is 24.3 Å². The molecule has 0 heterocycles. The molecule has 0 saturated heterocycles. The zero-order chi connectivity index (χ0) is 15.9. The molecule has 2 N–H and O–H groups in total. The van der Waals surface area contributed by atoms with Crippen LogP contribution < -0.4 is 10.1 Å². The number of hydrogen-bond donors (Lipinski definition) is 2. The van der Waals surface area contributed by atoms with Crippen LogP contribution in [0, 0.1) is 0 Å². The first kappa shape index (κ1) is 15.6. The number of rotatable bonds is 6. The Morgan fingerprint density at radius 2 is 1.86 bits per heavy atom. The van der Waals surface area contributed by atoms with E-state index in [0.29, 0.717) is 11.3 Å². The molecule has 114 valence electrons. The van der Waals surface area contributed by atoms with E-state index in [-0.39, 0.29) is 6.42 Å². The molecule has 2 rings (SSSR count). The number of hydrogen-bond acceptors (Lipinski definition) is 3. The topological polar surface area (TPSA) is 75.6 Å². The van der Waals surface area contributed by atoms with Gasteiger partial charge in [0.1, 0.15) is 11.8 Å². The fourth-order valence-corrected chi connectivity index (χ4v) is 2.06. The Morgan fingerprint density at radius 1 is 1.14 bits per heavy atom. The van der Waals surface area contributed by atoms with E-state index < -0.39 is 17.9 Å². The molecule has 1 atom stereocenters. The van der Waals surface area contributed by atoms with E-state index in [0.717, 1.165) is 5.56 Å². The first-order valence-corrected chi connectivity index (χ1v) is 6.82. The Kier molecular flexibility index (Phi) is 5.14. The van der Waals surface area contributed by atoms with Crippen molar-refractivity contribution >= 4 is 11.9 Å². The van der Waals surface area contributed by atoms with E-state index in [9.17, 15) is 14.7 Å². The maximum atomic E-state index is 12.2. The Bertz CT molecular complexity index is 655. The van der Waals surface area contributed by atoms with Gasteiger partial charge >= 0.3 is 5.97 Å². The van der Waals surface area contributed by atoms with Crippen LogP contribution in [0.1, 0.15) is 15.9 Å². The lowest BCUT2D eigenvalue weighted by atomic mass is 10.1. The predicted molar refractivity (Wildman–Crippen MR) is 82.0 cm³/mol. The van der Waals surface area contributed by atoms with E-state index in [2.05, 4.69) is 5.32 Å². The molecule has 0 aliphatic carbocycles. The first-order valence-electron chi connectivity index (χ1n) is 6.82. The lowest BCUT2D eigenvalue weighted by Crippen LogP contribution is -2.42. The molecule has 5 nitrogen and oxygen atoms in total. The minimum absolute atomic E-state index is 0.228. The number of nitrogens with one attached hydrogen (secondary N) is 1. The van der Waals surface area contributed by atoms with Crippen molar-refractivity contribution in [2.24, 2.45) is 0 Å². The van der Waals surface area contributed by atoms with Gasteiger partial charge in [0, 0.05) is 12.0 Å². The summed E-state index contributed by atoms with van der Waals surface area (Å²) in [6, 6.07) is 14.8. The Hall–Kier alpha value is -2.82. The molecule has 0 aromatic heterocycles. The second-order valence-electron chi connectivity index (χ2n) is 4.79. The van der Waals surface area contributed by atoms with Crippen molar-refractivity contribution in [3.8, 4) is 5.75 Å². The summed E-state index contributed by atoms with van der Waals surface area (Å²) in [6.45, 7) is 0. The molecule has 0 bridgehead atoms. The first-order chi connectivity index (χ1) is 10.6. The zero-order valence-electron chi connectivity index (χ0n) is 12.2. The summed E-state index contributed by atoms with van der Waals surface area (Å²) in [5.41, 5.74) is 1.21. The number of carboxylic acids is 1. The van der Waals surface area contributed by atoms with Crippen molar-refractivity contribution in [2.75, 3.05) is 7.11 Å². The minimum Gasteiger partial charge on any atom is -0.497 e. The van der Waals surface area contributed by atoms with Gasteiger partial charge in [-0.2, -0.15) is 0 Å². The van der Waals surface area contributed by atoms with Crippen molar-refractivity contribution in [3.05, 3.63) is 65.7 Å². The van der Waals surface area contributed by atoms with E-state index in [4.69, 9.17) is 4.74 Å². The van der Waals surface area contributed by atoms with Gasteiger partial charge < -0.3 is 15.2 Å². The number of methoxy groups -OCH3 is 1. The fraction of sp³-hybridized carbons (Fsp3) is 0.176. The average molecular weight is 299 g/mol. The van der Waals surface area contributed by atoms with E-state index in [1.807, 2.05) is 30.3 Å². The molecule has 0 fully saturated rings. The Morgan fingerprint density at radius 3 is 2.50 bits per heavy atom. The van der Waals surface area contributed by atoms with Crippen LogP contribution in [0.4, 0.5) is 0 Å². The largest absolute Gasteiger partial charge is 0.497 e. The smallest absolute Gasteiger partial charge is 0.326 e. The van der Waals surface area contributed by atoms with Gasteiger partial charge in [0.2, 0.25) is 0 Å². The van der Waals surface area contributed by atoms with Gasteiger partial charge in [-0.3, -0.25) is 4.79 Å². The summed E-state index contributed by atoms with van der Waals surface area (Å²) in [6.07, 6.45) is 0.228. The second kappa shape index (κ2) is 7.26. The molecular weight excluding hydrogens is 282 g/mol. The number of carbonyl (C=O) groups is 2. The molecule has 0 unspecified atom stereocenters. The van der Waals surface area contributed by atoms with Crippen molar-refractivity contribution < 1.29 is 19.4 Å². The normalized spacial score (nSPS) is 11.5. The maximum Gasteiger partial charge on any atom is 0.326 e. The zero-order valence-corrected chi connectivity index (χ0v) is 12.2. The molecule has 22 heavy (non-hydrogen) atoms. The van der Waals surface area contributed by atoms with Crippen LogP contribution in [0.25, 0.3) is 0 Å². The van der Waals surface area contributed by atoms with Crippen LogP contribution in [0.15, 0.2) is 54.6 Å². The lowest BCUT2D eigenvalue weighted by Gasteiger charge is -2.15. The van der Waals surface area contributed by atoms with Gasteiger partial charge in [-0.1, -0.05) is 36.4 Å². The van der Waals surface area contributed by atoms with Crippen molar-refractivity contribution in [3.63, 3.8) is 0 Å². The minimum atomic E-state index is -1.07. The van der Waals surface area contributed by atoms with Gasteiger partial charge in [-0.25, -0.2) is 4.79 Å². The Labute approximate surface area is 128 Å². The third kappa shape index (κ3) is 4.09. The van der Waals surface area contributed by atoms with Crippen molar-refractivity contribution in [2.45, 2.75) is 12.5 Å². The van der Waals surface area contributed by atoms with Crippen LogP contribution in [0.2, 0.25) is 0 Å². The number of ether oxygens (including phenoxy) is 1. The highest BCUT2D eigenvalue weighted by molar-refractivity contribution is 5.96. The van der Waals surface area contributed by atoms with Crippen LogP contribution >= 0.6 is 0 Å². The summed E-state index contributed by atoms with van der Waals surface area (Å²) < 4.78 is 5.06. The highest BCUT2D eigenvalue weighted by Gasteiger charge is 2.21. The standard InChI is InChI=1S/C17H17NO4/c1-22-14-9-5-8-13(11-14)16(19)18-15(17(20)21)10-12-6-3-2-4-7-12/h2-9,11,15H,10H2,1H3,(H,18,19)(H,20,21)/t15-/m0/s1. The molecule has 0 spiro atoms. The second-order valence-corrected chi connectivity index (χ2v) is 4.79. The fourth-order valence-electron chi connectivity index (χ4n) is 2.06. The van der Waals surface area contributed by atoms with Gasteiger partial charge in [0.15, 0.2) is 0 Å². The van der Waals surface area contributed by atoms with Crippen LogP contribution in [-0.2, 0) is 11.2 Å². The SMILES string of the molecule is COc1cccc(C(=O)N[C@@H](Cc2ccccc2)C(=O)O)c1. The highest BCUT2D eigenvalue weighted by Crippen LogP contribution is 2.13. The summed E-state index contributed by atoms with van der Waals surface area (Å²) in [4.78, 5) is 23.5. The molecular formula is C17H17NO4. The molecule has 2 aromatic rings. The molecule has 0 aliphatic heterocycles. The third-order valence-corrected chi connectivity index (χ3v) is 3.22. The van der Waals surface area contributed by atoms with E-state index in [1.165, 1.54) is 7.11 Å². The highest BCUT2D eigenvalue weighted by atomic mass is 16.5. The van der Waals surface area contributed by atoms with Crippen LogP contribution in [0.3, 0.4) is 0 Å². The number of carbonyl (C=O) groups excluding carboxylic acids is 1. The number of benzene rings is 2. The number of carboxylic acid groups (broad SMARTS) is 1. The lowest BCUT2D eigenvalue weighted by molar-refractivity contribution is -0.139. The monoisotopic (exact) mass is 299 g/mol. The van der Waals surface area contributed by atoms with Gasteiger partial charge in [-0.05, 0) is 23.8 Å². The summed E-state index contributed by atoms with van der Waals surface area (Å²) >= 11 is 0. The number of amides is 1. The average Bonchev–Trinajstić information content (AvgIpc) is 2.55. The predicted octanol–water partition coefficient (Wildman–Crippen LogP) is 2.12. The Balaban J connectivity index is 2.10. The molecule has 1 amide bonds. The molecule has 5 heteroatoms. The van der Waals surface area contributed by atoms with Crippen LogP contribution in [0.5, 0.6) is 5.75 Å². The summed E-state index contributed by atoms with van der Waals surface area (Å²) in [5, 5.41) is 11.8. The summed E-state index contributed by atoms with van der Waals surface area (Å²) in [5.74, 6) is -0.968. The van der Waals surface area contributed by atoms with Gasteiger partial charge in [-0.15, -0.1) is 0 Å². The molecule has 0 aliphatic rings. The van der Waals surface area contributed by atoms with Crippen molar-refractivity contribution in [1.82, 2.24) is 5.32 Å². The molecule has 0 radical (unpaired) electrons. The molecule has 2 aromatic carbocycles. The third-order valence-electron chi connectivity index (χ3n) is 3.22. The number of aliphatic carboxylic acids is 1. The maximum absolute atomic E-state index is 12.2. The summed E-state index contributed by atoms with van der Waals surface area (Å²) in [7, 11) is 1.51.